The van der Waals surface area contributed by atoms with Crippen molar-refractivity contribution in [2.24, 2.45) is 5.41 Å². The molecule has 1 aromatic heterocycles. The molecule has 0 bridgehead atoms. The highest BCUT2D eigenvalue weighted by atomic mass is 16.1. The Morgan fingerprint density at radius 1 is 1.50 bits per heavy atom. The second kappa shape index (κ2) is 2.94. The lowest BCUT2D eigenvalue weighted by Gasteiger charge is -2.14. The number of Topliss-reactive ketones (excluding diaryl/α,β-unsaturated/α-hetero) is 1. The second-order valence-electron chi connectivity index (χ2n) is 5.02. The Morgan fingerprint density at radius 2 is 2.14 bits per heavy atom. The molecule has 0 atom stereocenters. The summed E-state index contributed by atoms with van der Waals surface area (Å²) in [7, 11) is 0. The molecule has 3 nitrogen and oxygen atoms in total. The lowest BCUT2D eigenvalue weighted by Crippen LogP contribution is -2.19. The van der Waals surface area contributed by atoms with Crippen LogP contribution < -0.4 is 0 Å². The summed E-state index contributed by atoms with van der Waals surface area (Å²) in [5.74, 6) is 0.171. The minimum absolute atomic E-state index is 0.171. The molecule has 1 heterocycles. The fraction of sp³-hybridized carbons (Fsp3) is 0.636. The van der Waals surface area contributed by atoms with Crippen LogP contribution in [0.1, 0.15) is 50.0 Å². The van der Waals surface area contributed by atoms with Crippen LogP contribution in [0.15, 0.2) is 12.4 Å². The number of aromatic nitrogens is 2. The molecule has 3 heteroatoms. The Morgan fingerprint density at radius 3 is 2.64 bits per heavy atom. The molecule has 0 unspecified atom stereocenters. The Bertz CT molecular complexity index is 356. The van der Waals surface area contributed by atoms with Crippen molar-refractivity contribution in [3.05, 3.63) is 18.0 Å². The van der Waals surface area contributed by atoms with Crippen LogP contribution in [0.25, 0.3) is 0 Å². The second-order valence-corrected chi connectivity index (χ2v) is 5.02. The number of carbonyl (C=O) groups excluding carboxylic acids is 1. The standard InChI is InChI=1S/C11H16N2O/c1-11(2,3)10(14)8-6-12-13(7-8)9-4-5-9/h6-7,9H,4-5H2,1-3H3. The van der Waals surface area contributed by atoms with Gasteiger partial charge in [-0.25, -0.2) is 0 Å². The van der Waals surface area contributed by atoms with Crippen LogP contribution in [0.3, 0.4) is 0 Å². The minimum Gasteiger partial charge on any atom is -0.293 e. The van der Waals surface area contributed by atoms with Gasteiger partial charge in [0.2, 0.25) is 0 Å². The van der Waals surface area contributed by atoms with E-state index >= 15 is 0 Å². The molecule has 1 aliphatic carbocycles. The summed E-state index contributed by atoms with van der Waals surface area (Å²) in [6.45, 7) is 5.80. The molecule has 1 aromatic rings. The third-order valence-corrected chi connectivity index (χ3v) is 2.47. The van der Waals surface area contributed by atoms with Crippen molar-refractivity contribution in [3.63, 3.8) is 0 Å². The van der Waals surface area contributed by atoms with Crippen molar-refractivity contribution in [2.45, 2.75) is 39.7 Å². The van der Waals surface area contributed by atoms with Gasteiger partial charge in [-0.15, -0.1) is 0 Å². The van der Waals surface area contributed by atoms with Gasteiger partial charge in [0.05, 0.1) is 17.8 Å². The van der Waals surface area contributed by atoms with Gasteiger partial charge >= 0.3 is 0 Å². The molecule has 76 valence electrons. The highest BCUT2D eigenvalue weighted by molar-refractivity contribution is 5.99. The molecular weight excluding hydrogens is 176 g/mol. The van der Waals surface area contributed by atoms with Crippen molar-refractivity contribution in [3.8, 4) is 0 Å². The average molecular weight is 192 g/mol. The lowest BCUT2D eigenvalue weighted by molar-refractivity contribution is 0.0858. The highest BCUT2D eigenvalue weighted by Crippen LogP contribution is 2.34. The number of carbonyl (C=O) groups is 1. The topological polar surface area (TPSA) is 34.9 Å². The van der Waals surface area contributed by atoms with Crippen LogP contribution >= 0.6 is 0 Å². The van der Waals surface area contributed by atoms with Crippen LogP contribution in [0.4, 0.5) is 0 Å². The molecule has 1 saturated carbocycles. The number of rotatable bonds is 2. The minimum atomic E-state index is -0.308. The van der Waals surface area contributed by atoms with Crippen LogP contribution in [-0.2, 0) is 0 Å². The number of ketones is 1. The zero-order valence-corrected chi connectivity index (χ0v) is 8.95. The molecule has 1 fully saturated rings. The van der Waals surface area contributed by atoms with E-state index in [1.807, 2.05) is 31.6 Å². The fourth-order valence-corrected chi connectivity index (χ4v) is 1.43. The van der Waals surface area contributed by atoms with E-state index in [1.165, 1.54) is 12.8 Å². The predicted molar refractivity (Wildman–Crippen MR) is 54.3 cm³/mol. The molecule has 0 spiro atoms. The smallest absolute Gasteiger partial charge is 0.171 e. The summed E-state index contributed by atoms with van der Waals surface area (Å²) in [5, 5.41) is 4.21. The molecule has 2 rings (SSSR count). The zero-order valence-electron chi connectivity index (χ0n) is 8.95. The van der Waals surface area contributed by atoms with Gasteiger partial charge in [-0.2, -0.15) is 5.10 Å². The summed E-state index contributed by atoms with van der Waals surface area (Å²) in [6.07, 6.45) is 5.97. The quantitative estimate of drug-likeness (QED) is 0.674. The zero-order chi connectivity index (χ0) is 10.3. The molecule has 0 amide bonds. The summed E-state index contributed by atoms with van der Waals surface area (Å²) >= 11 is 0. The first-order valence-corrected chi connectivity index (χ1v) is 5.07. The van der Waals surface area contributed by atoms with Crippen LogP contribution in [-0.4, -0.2) is 15.6 Å². The van der Waals surface area contributed by atoms with Gasteiger partial charge in [0.15, 0.2) is 5.78 Å². The van der Waals surface area contributed by atoms with Crippen molar-refractivity contribution in [1.82, 2.24) is 9.78 Å². The van der Waals surface area contributed by atoms with Crippen molar-refractivity contribution in [1.29, 1.82) is 0 Å². The maximum atomic E-state index is 11.9. The number of nitrogens with zero attached hydrogens (tertiary/aromatic N) is 2. The molecule has 1 aliphatic rings. The first-order chi connectivity index (χ1) is 6.48. The molecule has 14 heavy (non-hydrogen) atoms. The van der Waals surface area contributed by atoms with E-state index in [0.717, 1.165) is 5.56 Å². The Kier molecular flexibility index (Phi) is 1.98. The Hall–Kier alpha value is -1.12. The van der Waals surface area contributed by atoms with Gasteiger partial charge in [0.1, 0.15) is 0 Å². The first kappa shape index (κ1) is 9.44. The maximum absolute atomic E-state index is 11.9. The van der Waals surface area contributed by atoms with E-state index in [4.69, 9.17) is 0 Å². The average Bonchev–Trinajstić information content (AvgIpc) is 2.82. The largest absolute Gasteiger partial charge is 0.293 e. The summed E-state index contributed by atoms with van der Waals surface area (Å²) in [4.78, 5) is 11.9. The van der Waals surface area contributed by atoms with Gasteiger partial charge in [-0.05, 0) is 12.8 Å². The van der Waals surface area contributed by atoms with E-state index in [0.29, 0.717) is 6.04 Å². The van der Waals surface area contributed by atoms with Crippen molar-refractivity contribution in [2.75, 3.05) is 0 Å². The first-order valence-electron chi connectivity index (χ1n) is 5.07. The number of hydrogen-bond acceptors (Lipinski definition) is 2. The monoisotopic (exact) mass is 192 g/mol. The summed E-state index contributed by atoms with van der Waals surface area (Å²) < 4.78 is 1.92. The third-order valence-electron chi connectivity index (χ3n) is 2.47. The van der Waals surface area contributed by atoms with Gasteiger partial charge < -0.3 is 0 Å². The molecule has 0 radical (unpaired) electrons. The fourth-order valence-electron chi connectivity index (χ4n) is 1.43. The molecule has 0 N–H and O–H groups in total. The molecule has 0 aromatic carbocycles. The van der Waals surface area contributed by atoms with Crippen LogP contribution in [0.2, 0.25) is 0 Å². The van der Waals surface area contributed by atoms with Crippen molar-refractivity contribution >= 4 is 5.78 Å². The lowest BCUT2D eigenvalue weighted by atomic mass is 9.88. The van der Waals surface area contributed by atoms with Gasteiger partial charge in [0.25, 0.3) is 0 Å². The van der Waals surface area contributed by atoms with E-state index in [2.05, 4.69) is 5.10 Å². The van der Waals surface area contributed by atoms with E-state index in [1.54, 1.807) is 6.20 Å². The summed E-state index contributed by atoms with van der Waals surface area (Å²) in [6, 6.07) is 0.552. The Balaban J connectivity index is 2.20. The van der Waals surface area contributed by atoms with E-state index in [9.17, 15) is 4.79 Å². The molecular formula is C11H16N2O. The van der Waals surface area contributed by atoms with Gasteiger partial charge in [-0.1, -0.05) is 20.8 Å². The summed E-state index contributed by atoms with van der Waals surface area (Å²) in [5.41, 5.74) is 0.432. The SMILES string of the molecule is CC(C)(C)C(=O)c1cnn(C2CC2)c1. The van der Waals surface area contributed by atoms with Crippen LogP contribution in [0, 0.1) is 5.41 Å². The van der Waals surface area contributed by atoms with Gasteiger partial charge in [0, 0.05) is 11.6 Å². The van der Waals surface area contributed by atoms with Gasteiger partial charge in [-0.3, -0.25) is 9.48 Å². The van der Waals surface area contributed by atoms with E-state index in [-0.39, 0.29) is 11.2 Å². The highest BCUT2D eigenvalue weighted by Gasteiger charge is 2.28. The predicted octanol–water partition coefficient (Wildman–Crippen LogP) is 2.45. The Labute approximate surface area is 84.1 Å². The normalized spacial score (nSPS) is 17.1. The third kappa shape index (κ3) is 1.72. The van der Waals surface area contributed by atoms with Crippen molar-refractivity contribution < 1.29 is 4.79 Å². The molecule has 0 saturated heterocycles. The molecule has 0 aliphatic heterocycles. The van der Waals surface area contributed by atoms with E-state index < -0.39 is 0 Å². The maximum Gasteiger partial charge on any atom is 0.171 e. The van der Waals surface area contributed by atoms with Crippen LogP contribution in [0.5, 0.6) is 0 Å². The number of hydrogen-bond donors (Lipinski definition) is 0.